The molecule has 0 saturated heterocycles. The van der Waals surface area contributed by atoms with Crippen molar-refractivity contribution >= 4 is 33.3 Å². The Morgan fingerprint density at radius 1 is 0.875 bits per heavy atom. The summed E-state index contributed by atoms with van der Waals surface area (Å²) >= 11 is 3.28. The number of nitrogens with one attached hydrogen (secondary N) is 1. The fourth-order valence-electron chi connectivity index (χ4n) is 2.23. The van der Waals surface area contributed by atoms with E-state index in [1.54, 1.807) is 66.9 Å². The second-order valence-electron chi connectivity index (χ2n) is 5.06. The largest absolute Gasteiger partial charge is 0.320 e. The molecule has 0 saturated carbocycles. The van der Waals surface area contributed by atoms with Crippen LogP contribution in [0.25, 0.3) is 0 Å². The average Bonchev–Trinajstić information content (AvgIpc) is 2.63. The van der Waals surface area contributed by atoms with Crippen LogP contribution in [0.5, 0.6) is 0 Å². The predicted molar refractivity (Wildman–Crippen MR) is 96.2 cm³/mol. The Bertz CT molecular complexity index is 877. The van der Waals surface area contributed by atoms with Crippen LogP contribution in [-0.4, -0.2) is 16.7 Å². The van der Waals surface area contributed by atoms with Crippen LogP contribution in [0.4, 0.5) is 5.69 Å². The van der Waals surface area contributed by atoms with Crippen LogP contribution in [0.15, 0.2) is 77.4 Å². The summed E-state index contributed by atoms with van der Waals surface area (Å²) in [6.07, 6.45) is 1.55. The van der Waals surface area contributed by atoms with Crippen molar-refractivity contribution in [3.63, 3.8) is 0 Å². The van der Waals surface area contributed by atoms with E-state index in [0.717, 1.165) is 4.47 Å². The highest BCUT2D eigenvalue weighted by molar-refractivity contribution is 9.10. The molecule has 0 radical (unpaired) electrons. The molecular formula is C19H13BrN2O2. The summed E-state index contributed by atoms with van der Waals surface area (Å²) < 4.78 is 0.790. The number of aromatic nitrogens is 1. The standard InChI is InChI=1S/C19H13BrN2O2/c20-14-10-11-17(21-12-14)19(24)22-16-9-5-4-8-15(16)18(23)13-6-2-1-3-7-13/h1-12H,(H,22,24). The molecule has 5 heteroatoms. The first-order valence-corrected chi connectivity index (χ1v) is 8.06. The summed E-state index contributed by atoms with van der Waals surface area (Å²) in [6, 6.07) is 19.2. The maximum Gasteiger partial charge on any atom is 0.274 e. The average molecular weight is 381 g/mol. The molecule has 0 bridgehead atoms. The number of carbonyl (C=O) groups is 2. The van der Waals surface area contributed by atoms with E-state index in [1.165, 1.54) is 0 Å². The molecule has 0 fully saturated rings. The lowest BCUT2D eigenvalue weighted by atomic mass is 10.0. The molecule has 3 rings (SSSR count). The molecule has 3 aromatic rings. The van der Waals surface area contributed by atoms with Crippen LogP contribution in [-0.2, 0) is 0 Å². The molecule has 1 aromatic heterocycles. The first kappa shape index (κ1) is 16.1. The Kier molecular flexibility index (Phi) is 4.82. The quantitative estimate of drug-likeness (QED) is 0.685. The van der Waals surface area contributed by atoms with Gasteiger partial charge in [0.05, 0.1) is 5.69 Å². The van der Waals surface area contributed by atoms with Crippen molar-refractivity contribution in [3.8, 4) is 0 Å². The maximum atomic E-state index is 12.7. The van der Waals surface area contributed by atoms with Crippen molar-refractivity contribution in [2.75, 3.05) is 5.32 Å². The van der Waals surface area contributed by atoms with E-state index >= 15 is 0 Å². The fraction of sp³-hybridized carbons (Fsp3) is 0. The second-order valence-corrected chi connectivity index (χ2v) is 5.97. The molecular weight excluding hydrogens is 368 g/mol. The summed E-state index contributed by atoms with van der Waals surface area (Å²) in [5.74, 6) is -0.508. The number of amides is 1. The van der Waals surface area contributed by atoms with Crippen molar-refractivity contribution in [2.45, 2.75) is 0 Å². The molecule has 4 nitrogen and oxygen atoms in total. The molecule has 1 amide bonds. The Hall–Kier alpha value is -2.79. The highest BCUT2D eigenvalue weighted by atomic mass is 79.9. The molecule has 0 aliphatic heterocycles. The van der Waals surface area contributed by atoms with Crippen LogP contribution in [0.3, 0.4) is 0 Å². The van der Waals surface area contributed by atoms with E-state index < -0.39 is 0 Å². The monoisotopic (exact) mass is 380 g/mol. The van der Waals surface area contributed by atoms with Crippen LogP contribution in [0.2, 0.25) is 0 Å². The van der Waals surface area contributed by atoms with Crippen LogP contribution in [0, 0.1) is 0 Å². The third-order valence-corrected chi connectivity index (χ3v) is 3.88. The van der Waals surface area contributed by atoms with Gasteiger partial charge < -0.3 is 5.32 Å². The Labute approximate surface area is 147 Å². The lowest BCUT2D eigenvalue weighted by Crippen LogP contribution is -2.16. The third-order valence-electron chi connectivity index (χ3n) is 3.42. The van der Waals surface area contributed by atoms with Gasteiger partial charge in [-0.1, -0.05) is 42.5 Å². The van der Waals surface area contributed by atoms with Crippen LogP contribution in [0.1, 0.15) is 26.4 Å². The molecule has 0 spiro atoms. The number of ketones is 1. The van der Waals surface area contributed by atoms with Crippen molar-refractivity contribution in [3.05, 3.63) is 94.2 Å². The highest BCUT2D eigenvalue weighted by Crippen LogP contribution is 2.20. The minimum Gasteiger partial charge on any atom is -0.320 e. The molecule has 1 N–H and O–H groups in total. The van der Waals surface area contributed by atoms with Gasteiger partial charge in [-0.2, -0.15) is 0 Å². The fourth-order valence-corrected chi connectivity index (χ4v) is 2.47. The normalized spacial score (nSPS) is 10.2. The predicted octanol–water partition coefficient (Wildman–Crippen LogP) is 4.33. The lowest BCUT2D eigenvalue weighted by molar-refractivity contribution is 0.102. The summed E-state index contributed by atoms with van der Waals surface area (Å²) in [4.78, 5) is 29.1. The summed E-state index contributed by atoms with van der Waals surface area (Å²) in [5.41, 5.74) is 1.75. The first-order valence-electron chi connectivity index (χ1n) is 7.27. The van der Waals surface area contributed by atoms with Gasteiger partial charge in [0.1, 0.15) is 5.69 Å². The third kappa shape index (κ3) is 3.58. The summed E-state index contributed by atoms with van der Waals surface area (Å²) in [5, 5.41) is 2.76. The second kappa shape index (κ2) is 7.19. The first-order chi connectivity index (χ1) is 11.6. The highest BCUT2D eigenvalue weighted by Gasteiger charge is 2.15. The zero-order chi connectivity index (χ0) is 16.9. The van der Waals surface area contributed by atoms with Crippen molar-refractivity contribution in [1.82, 2.24) is 4.98 Å². The smallest absolute Gasteiger partial charge is 0.274 e. The van der Waals surface area contributed by atoms with E-state index in [4.69, 9.17) is 0 Å². The maximum absolute atomic E-state index is 12.7. The van der Waals surface area contributed by atoms with Gasteiger partial charge in [0, 0.05) is 21.8 Å². The van der Waals surface area contributed by atoms with Gasteiger partial charge in [-0.15, -0.1) is 0 Å². The molecule has 0 aliphatic carbocycles. The van der Waals surface area contributed by atoms with Gasteiger partial charge in [0.25, 0.3) is 5.91 Å². The molecule has 0 unspecified atom stereocenters. The molecule has 0 aliphatic rings. The summed E-state index contributed by atoms with van der Waals surface area (Å²) in [7, 11) is 0. The van der Waals surface area contributed by atoms with E-state index in [9.17, 15) is 9.59 Å². The van der Waals surface area contributed by atoms with Gasteiger partial charge in [-0.3, -0.25) is 9.59 Å². The van der Waals surface area contributed by atoms with Crippen LogP contribution >= 0.6 is 15.9 Å². The van der Waals surface area contributed by atoms with E-state index in [2.05, 4.69) is 26.2 Å². The van der Waals surface area contributed by atoms with Crippen LogP contribution < -0.4 is 5.32 Å². The van der Waals surface area contributed by atoms with E-state index in [-0.39, 0.29) is 17.4 Å². The van der Waals surface area contributed by atoms with E-state index in [0.29, 0.717) is 16.8 Å². The Balaban J connectivity index is 1.88. The SMILES string of the molecule is O=C(Nc1ccccc1C(=O)c1ccccc1)c1ccc(Br)cn1. The zero-order valence-electron chi connectivity index (χ0n) is 12.6. The number of anilines is 1. The number of para-hydroxylation sites is 1. The number of hydrogen-bond acceptors (Lipinski definition) is 3. The van der Waals surface area contributed by atoms with Gasteiger partial charge in [0.2, 0.25) is 0 Å². The van der Waals surface area contributed by atoms with E-state index in [1.807, 2.05) is 6.07 Å². The van der Waals surface area contributed by atoms with Gasteiger partial charge in [0.15, 0.2) is 5.78 Å². The number of halogens is 1. The number of nitrogens with zero attached hydrogens (tertiary/aromatic N) is 1. The number of rotatable bonds is 4. The Morgan fingerprint density at radius 3 is 2.29 bits per heavy atom. The minimum absolute atomic E-state index is 0.143. The zero-order valence-corrected chi connectivity index (χ0v) is 14.2. The number of benzene rings is 2. The molecule has 0 atom stereocenters. The van der Waals surface area contributed by atoms with Gasteiger partial charge >= 0.3 is 0 Å². The molecule has 1 heterocycles. The number of pyridine rings is 1. The number of hydrogen-bond donors (Lipinski definition) is 1. The minimum atomic E-state index is -0.365. The summed E-state index contributed by atoms with van der Waals surface area (Å²) in [6.45, 7) is 0. The van der Waals surface area contributed by atoms with Crippen molar-refractivity contribution in [1.29, 1.82) is 0 Å². The van der Waals surface area contributed by atoms with Gasteiger partial charge in [-0.25, -0.2) is 4.98 Å². The Morgan fingerprint density at radius 2 is 1.58 bits per heavy atom. The molecule has 2 aromatic carbocycles. The number of carbonyl (C=O) groups excluding carboxylic acids is 2. The van der Waals surface area contributed by atoms with Gasteiger partial charge in [-0.05, 0) is 40.2 Å². The van der Waals surface area contributed by atoms with Crippen molar-refractivity contribution < 1.29 is 9.59 Å². The molecule has 24 heavy (non-hydrogen) atoms. The van der Waals surface area contributed by atoms with Crippen molar-refractivity contribution in [2.24, 2.45) is 0 Å². The molecule has 118 valence electrons. The lowest BCUT2D eigenvalue weighted by Gasteiger charge is -2.10. The topological polar surface area (TPSA) is 59.1 Å².